The van der Waals surface area contributed by atoms with Gasteiger partial charge in [0, 0.05) is 13.0 Å². The van der Waals surface area contributed by atoms with E-state index in [4.69, 9.17) is 0 Å². The Hall–Kier alpha value is -1.05. The minimum atomic E-state index is 0.258. The normalized spacial score (nSPS) is 11.7. The number of amides is 1. The highest BCUT2D eigenvalue weighted by molar-refractivity contribution is 5.75. The molecule has 1 N–H and O–H groups in total. The molecular formula is C34H65NO. The smallest absolute Gasteiger partial charge is 0.219 e. The third-order valence-electron chi connectivity index (χ3n) is 7.18. The van der Waals surface area contributed by atoms with Crippen molar-refractivity contribution in [3.63, 3.8) is 0 Å². The van der Waals surface area contributed by atoms with Crippen LogP contribution in [-0.4, -0.2) is 12.5 Å². The van der Waals surface area contributed by atoms with Gasteiger partial charge in [0.2, 0.25) is 5.91 Å². The van der Waals surface area contributed by atoms with Crippen LogP contribution in [0.25, 0.3) is 0 Å². The first-order valence-electron chi connectivity index (χ1n) is 16.4. The van der Waals surface area contributed by atoms with Gasteiger partial charge in [-0.2, -0.15) is 0 Å². The van der Waals surface area contributed by atoms with E-state index >= 15 is 0 Å². The second kappa shape index (κ2) is 32.0. The van der Waals surface area contributed by atoms with E-state index in [0.29, 0.717) is 6.42 Å². The van der Waals surface area contributed by atoms with Gasteiger partial charge in [-0.1, -0.05) is 134 Å². The number of carbonyl (C=O) groups is 1. The van der Waals surface area contributed by atoms with Crippen LogP contribution in [0.5, 0.6) is 0 Å². The molecule has 0 saturated carbocycles. The lowest BCUT2D eigenvalue weighted by molar-refractivity contribution is -0.121. The first-order valence-corrected chi connectivity index (χ1v) is 16.4. The van der Waals surface area contributed by atoms with Crippen molar-refractivity contribution in [3.8, 4) is 0 Å². The number of allylic oxidation sites excluding steroid dienone is 4. The summed E-state index contributed by atoms with van der Waals surface area (Å²) in [6.45, 7) is 5.41. The monoisotopic (exact) mass is 504 g/mol. The zero-order valence-electron chi connectivity index (χ0n) is 24.8. The molecule has 212 valence electrons. The molecular weight excluding hydrogens is 438 g/mol. The lowest BCUT2D eigenvalue weighted by Crippen LogP contribution is -2.23. The summed E-state index contributed by atoms with van der Waals surface area (Å²) in [6, 6.07) is 0. The topological polar surface area (TPSA) is 29.1 Å². The van der Waals surface area contributed by atoms with Crippen LogP contribution in [0, 0.1) is 0 Å². The predicted octanol–water partition coefficient (Wildman–Crippen LogP) is 11.4. The molecule has 0 heterocycles. The number of unbranched alkanes of at least 4 members (excludes halogenated alkanes) is 21. The molecule has 0 spiro atoms. The van der Waals surface area contributed by atoms with E-state index in [9.17, 15) is 4.79 Å². The van der Waals surface area contributed by atoms with E-state index in [1.54, 1.807) is 0 Å². The highest BCUT2D eigenvalue weighted by Gasteiger charge is 2.00. The van der Waals surface area contributed by atoms with Crippen molar-refractivity contribution in [1.29, 1.82) is 0 Å². The molecule has 2 nitrogen and oxygen atoms in total. The minimum Gasteiger partial charge on any atom is -0.356 e. The summed E-state index contributed by atoms with van der Waals surface area (Å²) in [5, 5.41) is 3.12. The molecule has 0 rings (SSSR count). The van der Waals surface area contributed by atoms with E-state index < -0.39 is 0 Å². The van der Waals surface area contributed by atoms with Crippen molar-refractivity contribution in [2.45, 2.75) is 181 Å². The first kappa shape index (κ1) is 35.0. The largest absolute Gasteiger partial charge is 0.356 e. The Kier molecular flexibility index (Phi) is 31.0. The van der Waals surface area contributed by atoms with E-state index in [1.807, 2.05) is 0 Å². The summed E-state index contributed by atoms with van der Waals surface area (Å²) < 4.78 is 0. The van der Waals surface area contributed by atoms with Gasteiger partial charge in [0.15, 0.2) is 0 Å². The van der Waals surface area contributed by atoms with Crippen LogP contribution in [0.2, 0.25) is 0 Å². The van der Waals surface area contributed by atoms with Crippen molar-refractivity contribution in [3.05, 3.63) is 24.3 Å². The van der Waals surface area contributed by atoms with Crippen LogP contribution in [0.4, 0.5) is 0 Å². The maximum Gasteiger partial charge on any atom is 0.219 e. The third-order valence-corrected chi connectivity index (χ3v) is 7.18. The fourth-order valence-electron chi connectivity index (χ4n) is 4.69. The maximum atomic E-state index is 12.0. The SMILES string of the molecule is CCCCCC/C=C\CCCCCCCC(=O)NCCCCCCCC/C=C\CCCCCCCC. The van der Waals surface area contributed by atoms with Gasteiger partial charge in [0.25, 0.3) is 0 Å². The summed E-state index contributed by atoms with van der Waals surface area (Å²) in [4.78, 5) is 12.0. The van der Waals surface area contributed by atoms with Gasteiger partial charge in [-0.15, -0.1) is 0 Å². The zero-order valence-corrected chi connectivity index (χ0v) is 24.8. The molecule has 0 aliphatic heterocycles. The van der Waals surface area contributed by atoms with Gasteiger partial charge in [-0.05, 0) is 64.2 Å². The van der Waals surface area contributed by atoms with Crippen LogP contribution in [0.3, 0.4) is 0 Å². The summed E-state index contributed by atoms with van der Waals surface area (Å²) in [6.07, 6.45) is 42.9. The molecule has 0 bridgehead atoms. The average molecular weight is 504 g/mol. The van der Waals surface area contributed by atoms with Crippen LogP contribution in [0.1, 0.15) is 181 Å². The number of hydrogen-bond donors (Lipinski definition) is 1. The number of carbonyl (C=O) groups excluding carboxylic acids is 1. The van der Waals surface area contributed by atoms with Crippen LogP contribution in [-0.2, 0) is 4.79 Å². The zero-order chi connectivity index (χ0) is 26.2. The van der Waals surface area contributed by atoms with Gasteiger partial charge in [-0.25, -0.2) is 0 Å². The fraction of sp³-hybridized carbons (Fsp3) is 0.853. The molecule has 1 amide bonds. The van der Waals surface area contributed by atoms with E-state index in [0.717, 1.165) is 19.4 Å². The number of nitrogens with one attached hydrogen (secondary N) is 1. The highest BCUT2D eigenvalue weighted by Crippen LogP contribution is 2.11. The maximum absolute atomic E-state index is 12.0. The second-order valence-corrected chi connectivity index (χ2v) is 10.9. The van der Waals surface area contributed by atoms with Crippen LogP contribution >= 0.6 is 0 Å². The molecule has 0 aromatic carbocycles. The lowest BCUT2D eigenvalue weighted by atomic mass is 10.1. The molecule has 0 aromatic heterocycles. The second-order valence-electron chi connectivity index (χ2n) is 10.9. The average Bonchev–Trinajstić information content (AvgIpc) is 2.88. The molecule has 0 fully saturated rings. The summed E-state index contributed by atoms with van der Waals surface area (Å²) in [5.41, 5.74) is 0. The van der Waals surface area contributed by atoms with Gasteiger partial charge >= 0.3 is 0 Å². The molecule has 2 heteroatoms. The van der Waals surface area contributed by atoms with Crippen LogP contribution in [0.15, 0.2) is 24.3 Å². The lowest BCUT2D eigenvalue weighted by Gasteiger charge is -2.05. The van der Waals surface area contributed by atoms with Crippen LogP contribution < -0.4 is 5.32 Å². The Morgan fingerprint density at radius 2 is 0.778 bits per heavy atom. The molecule has 0 unspecified atom stereocenters. The van der Waals surface area contributed by atoms with Gasteiger partial charge in [0.05, 0.1) is 0 Å². The minimum absolute atomic E-state index is 0.258. The van der Waals surface area contributed by atoms with Gasteiger partial charge in [-0.3, -0.25) is 4.79 Å². The summed E-state index contributed by atoms with van der Waals surface area (Å²) in [5.74, 6) is 0.258. The number of hydrogen-bond acceptors (Lipinski definition) is 1. The summed E-state index contributed by atoms with van der Waals surface area (Å²) in [7, 11) is 0. The van der Waals surface area contributed by atoms with E-state index in [2.05, 4.69) is 43.5 Å². The Morgan fingerprint density at radius 3 is 1.22 bits per heavy atom. The molecule has 0 saturated heterocycles. The Balaban J connectivity index is 3.23. The Bertz CT molecular complexity index is 482. The predicted molar refractivity (Wildman–Crippen MR) is 163 cm³/mol. The fourth-order valence-corrected chi connectivity index (χ4v) is 4.69. The quantitative estimate of drug-likeness (QED) is 0.0797. The number of rotatable bonds is 29. The molecule has 36 heavy (non-hydrogen) atoms. The molecule has 0 aliphatic rings. The summed E-state index contributed by atoms with van der Waals surface area (Å²) >= 11 is 0. The first-order chi connectivity index (χ1) is 17.8. The van der Waals surface area contributed by atoms with Crippen molar-refractivity contribution < 1.29 is 4.79 Å². The molecule has 0 radical (unpaired) electrons. The Morgan fingerprint density at radius 1 is 0.444 bits per heavy atom. The Labute approximate surface area is 227 Å². The van der Waals surface area contributed by atoms with Crippen molar-refractivity contribution in [2.24, 2.45) is 0 Å². The van der Waals surface area contributed by atoms with Crippen molar-refractivity contribution in [1.82, 2.24) is 5.32 Å². The molecule has 0 aromatic rings. The van der Waals surface area contributed by atoms with Gasteiger partial charge in [0.1, 0.15) is 0 Å². The van der Waals surface area contributed by atoms with E-state index in [1.165, 1.54) is 148 Å². The third kappa shape index (κ3) is 31.0. The molecule has 0 atom stereocenters. The van der Waals surface area contributed by atoms with Gasteiger partial charge < -0.3 is 5.32 Å². The van der Waals surface area contributed by atoms with E-state index in [-0.39, 0.29) is 5.91 Å². The van der Waals surface area contributed by atoms with Crippen molar-refractivity contribution in [2.75, 3.05) is 6.54 Å². The standard InChI is InChI=1S/C34H65NO/c1-3-5-7-9-11-13-15-17-18-19-21-23-25-27-29-31-33-35-34(36)32-30-28-26-24-22-20-16-14-12-10-8-6-4-2/h14,16-18H,3-13,15,19-33H2,1-2H3,(H,35,36)/b16-14-,18-17-. The molecule has 0 aliphatic carbocycles. The van der Waals surface area contributed by atoms with Crippen molar-refractivity contribution >= 4 is 5.91 Å². The highest BCUT2D eigenvalue weighted by atomic mass is 16.1.